The topological polar surface area (TPSA) is 51.2 Å². The third kappa shape index (κ3) is 5.89. The second-order valence-corrected chi connectivity index (χ2v) is 7.29. The first kappa shape index (κ1) is 19.5. The average Bonchev–Trinajstić information content (AvgIpc) is 2.33. The van der Waals surface area contributed by atoms with E-state index in [-0.39, 0.29) is 17.3 Å². The van der Waals surface area contributed by atoms with Crippen LogP contribution < -0.4 is 5.32 Å². The van der Waals surface area contributed by atoms with Crippen molar-refractivity contribution in [2.24, 2.45) is 0 Å². The van der Waals surface area contributed by atoms with Crippen LogP contribution in [-0.2, 0) is 16.3 Å². The van der Waals surface area contributed by atoms with Crippen LogP contribution in [0, 0.1) is 0 Å². The molecule has 0 radical (unpaired) electrons. The Morgan fingerprint density at radius 3 is 2.26 bits per heavy atom. The Labute approximate surface area is 138 Å². The van der Waals surface area contributed by atoms with Crippen LogP contribution in [0.25, 0.3) is 0 Å². The van der Waals surface area contributed by atoms with Gasteiger partial charge in [-0.25, -0.2) is 4.79 Å². The molecule has 0 bridgehead atoms. The smallest absolute Gasteiger partial charge is 0.417 e. The van der Waals surface area contributed by atoms with Gasteiger partial charge in [0.05, 0.1) is 16.3 Å². The van der Waals surface area contributed by atoms with E-state index in [0.29, 0.717) is 0 Å². The van der Waals surface area contributed by atoms with Crippen molar-refractivity contribution in [2.45, 2.75) is 51.7 Å². The van der Waals surface area contributed by atoms with Gasteiger partial charge in [-0.05, 0) is 26.8 Å². The Bertz CT molecular complexity index is 581. The van der Waals surface area contributed by atoms with Gasteiger partial charge in [-0.1, -0.05) is 25.4 Å². The molecule has 0 saturated heterocycles. The van der Waals surface area contributed by atoms with Gasteiger partial charge < -0.3 is 10.1 Å². The Kier molecular flexibility index (Phi) is 5.57. The summed E-state index contributed by atoms with van der Waals surface area (Å²) >= 11 is 5.92. The predicted molar refractivity (Wildman–Crippen MR) is 81.5 cm³/mol. The molecule has 1 amide bonds. The molecule has 1 aromatic heterocycles. The quantitative estimate of drug-likeness (QED) is 0.867. The lowest BCUT2D eigenvalue weighted by Crippen LogP contribution is -2.42. The summed E-state index contributed by atoms with van der Waals surface area (Å²) in [5.74, 6) is 0. The Balaban J connectivity index is 2.86. The monoisotopic (exact) mass is 352 g/mol. The van der Waals surface area contributed by atoms with E-state index in [1.54, 1.807) is 34.6 Å². The summed E-state index contributed by atoms with van der Waals surface area (Å²) in [6, 6.07) is 0.820. The van der Waals surface area contributed by atoms with E-state index in [1.165, 1.54) is 0 Å². The first-order valence-electron chi connectivity index (χ1n) is 6.90. The van der Waals surface area contributed by atoms with Crippen molar-refractivity contribution in [3.63, 3.8) is 0 Å². The molecular formula is C15H20ClF3N2O2. The molecule has 0 saturated carbocycles. The van der Waals surface area contributed by atoms with Gasteiger partial charge in [0.15, 0.2) is 0 Å². The predicted octanol–water partition coefficient (Wildman–Crippen LogP) is 4.56. The number of ether oxygens (including phenoxy) is 1. The zero-order valence-electron chi connectivity index (χ0n) is 13.6. The lowest BCUT2D eigenvalue weighted by molar-refractivity contribution is -0.137. The second-order valence-electron chi connectivity index (χ2n) is 6.89. The molecule has 130 valence electrons. The van der Waals surface area contributed by atoms with Crippen LogP contribution in [0.1, 0.15) is 45.9 Å². The van der Waals surface area contributed by atoms with E-state index in [2.05, 4.69) is 10.3 Å². The highest BCUT2D eigenvalue weighted by Gasteiger charge is 2.34. The molecule has 0 spiro atoms. The van der Waals surface area contributed by atoms with Crippen molar-refractivity contribution in [1.29, 1.82) is 0 Å². The number of nitrogens with zero attached hydrogens (tertiary/aromatic N) is 1. The minimum Gasteiger partial charge on any atom is -0.449 e. The maximum atomic E-state index is 12.6. The van der Waals surface area contributed by atoms with Crippen LogP contribution in [0.2, 0.25) is 5.02 Å². The minimum absolute atomic E-state index is 0.0764. The summed E-state index contributed by atoms with van der Waals surface area (Å²) in [5.41, 5.74) is -1.98. The highest BCUT2D eigenvalue weighted by molar-refractivity contribution is 6.31. The molecular weight excluding hydrogens is 333 g/mol. The number of alkyl carbamates (subject to hydrolysis) is 1. The summed E-state index contributed by atoms with van der Waals surface area (Å²) in [5, 5.41) is 2.50. The molecule has 23 heavy (non-hydrogen) atoms. The Morgan fingerprint density at radius 2 is 1.83 bits per heavy atom. The summed E-state index contributed by atoms with van der Waals surface area (Å²) in [4.78, 5) is 15.5. The number of hydrogen-bond donors (Lipinski definition) is 1. The van der Waals surface area contributed by atoms with E-state index in [4.69, 9.17) is 16.3 Å². The van der Waals surface area contributed by atoms with Gasteiger partial charge in [0.25, 0.3) is 0 Å². The maximum absolute atomic E-state index is 12.6. The molecule has 1 N–H and O–H groups in total. The molecule has 1 heterocycles. The first-order chi connectivity index (χ1) is 10.2. The number of pyridine rings is 1. The summed E-state index contributed by atoms with van der Waals surface area (Å²) in [6.45, 7) is 8.68. The molecule has 0 aliphatic rings. The second kappa shape index (κ2) is 6.55. The summed E-state index contributed by atoms with van der Waals surface area (Å²) in [7, 11) is 0. The lowest BCUT2D eigenvalue weighted by atomic mass is 9.89. The zero-order valence-corrected chi connectivity index (χ0v) is 14.4. The molecule has 1 rings (SSSR count). The van der Waals surface area contributed by atoms with Gasteiger partial charge in [0, 0.05) is 17.2 Å². The van der Waals surface area contributed by atoms with Crippen LogP contribution in [-0.4, -0.2) is 23.2 Å². The highest BCUT2D eigenvalue weighted by atomic mass is 35.5. The van der Waals surface area contributed by atoms with Crippen molar-refractivity contribution in [3.05, 3.63) is 28.5 Å². The van der Waals surface area contributed by atoms with Gasteiger partial charge in [-0.3, -0.25) is 4.98 Å². The number of carbonyl (C=O) groups excluding carboxylic acids is 1. The molecule has 0 aromatic carbocycles. The highest BCUT2D eigenvalue weighted by Crippen LogP contribution is 2.34. The van der Waals surface area contributed by atoms with E-state index in [9.17, 15) is 18.0 Å². The summed E-state index contributed by atoms with van der Waals surface area (Å²) < 4.78 is 43.0. The average molecular weight is 353 g/mol. The van der Waals surface area contributed by atoms with Crippen LogP contribution in [0.3, 0.4) is 0 Å². The molecule has 4 nitrogen and oxygen atoms in total. The van der Waals surface area contributed by atoms with E-state index in [1.807, 2.05) is 0 Å². The van der Waals surface area contributed by atoms with Crippen LogP contribution in [0.5, 0.6) is 0 Å². The van der Waals surface area contributed by atoms with Crippen LogP contribution in [0.15, 0.2) is 12.3 Å². The third-order valence-corrected chi connectivity index (χ3v) is 3.14. The lowest BCUT2D eigenvalue weighted by Gasteiger charge is -2.26. The molecule has 0 unspecified atom stereocenters. The van der Waals surface area contributed by atoms with Crippen LogP contribution >= 0.6 is 11.6 Å². The molecule has 8 heteroatoms. The molecule has 0 aliphatic heterocycles. The summed E-state index contributed by atoms with van der Waals surface area (Å²) in [6.07, 6.45) is -4.41. The largest absolute Gasteiger partial charge is 0.449 e. The van der Waals surface area contributed by atoms with E-state index >= 15 is 0 Å². The van der Waals surface area contributed by atoms with Gasteiger partial charge in [-0.2, -0.15) is 13.2 Å². The number of nitrogens with one attached hydrogen (secondary N) is 1. The van der Waals surface area contributed by atoms with E-state index in [0.717, 1.165) is 12.3 Å². The molecule has 0 aliphatic carbocycles. The van der Waals surface area contributed by atoms with Crippen LogP contribution in [0.4, 0.5) is 18.0 Å². The van der Waals surface area contributed by atoms with Gasteiger partial charge in [0.1, 0.15) is 6.61 Å². The normalized spacial score (nSPS) is 12.9. The van der Waals surface area contributed by atoms with Crippen molar-refractivity contribution >= 4 is 17.7 Å². The number of halogens is 4. The maximum Gasteiger partial charge on any atom is 0.417 e. The number of carbonyl (C=O) groups is 1. The molecule has 1 aromatic rings. The number of alkyl halides is 3. The van der Waals surface area contributed by atoms with Crippen molar-refractivity contribution in [1.82, 2.24) is 10.3 Å². The number of rotatable bonds is 3. The zero-order chi connectivity index (χ0) is 18.1. The number of aromatic nitrogens is 1. The Morgan fingerprint density at radius 1 is 1.26 bits per heavy atom. The van der Waals surface area contributed by atoms with Gasteiger partial charge >= 0.3 is 12.3 Å². The fraction of sp³-hybridized carbons (Fsp3) is 0.600. The molecule has 0 fully saturated rings. The Hall–Kier alpha value is -1.50. The van der Waals surface area contributed by atoms with Gasteiger partial charge in [-0.15, -0.1) is 0 Å². The number of amides is 1. The van der Waals surface area contributed by atoms with Crippen molar-refractivity contribution in [2.75, 3.05) is 6.61 Å². The van der Waals surface area contributed by atoms with E-state index < -0.39 is 28.8 Å². The fourth-order valence-electron chi connectivity index (χ4n) is 1.75. The minimum atomic E-state index is -4.51. The first-order valence-corrected chi connectivity index (χ1v) is 7.28. The van der Waals surface area contributed by atoms with Gasteiger partial charge in [0.2, 0.25) is 0 Å². The third-order valence-electron chi connectivity index (χ3n) is 2.85. The van der Waals surface area contributed by atoms with Crippen molar-refractivity contribution < 1.29 is 22.7 Å². The fourth-order valence-corrected chi connectivity index (χ4v) is 2.17. The van der Waals surface area contributed by atoms with Crippen molar-refractivity contribution in [3.8, 4) is 0 Å². The molecule has 0 atom stereocenters. The SMILES string of the molecule is CC(C)(C)NC(=O)OCC(C)(C)c1ncc(C(F)(F)F)cc1Cl. The standard InChI is InChI=1S/C15H20ClF3N2O2/c1-13(2,3)21-12(22)23-8-14(4,5)11-10(16)6-9(7-20-11)15(17,18)19/h6-7H,8H2,1-5H3,(H,21,22). The number of hydrogen-bond acceptors (Lipinski definition) is 3.